The Morgan fingerprint density at radius 3 is 2.56 bits per heavy atom. The Morgan fingerprint density at radius 2 is 2.00 bits per heavy atom. The number of aliphatic imine (C=N–C) groups is 1. The number of methoxy groups -OCH3 is 2. The number of nitrogens with one attached hydrogen (secondary N) is 2. The first-order chi connectivity index (χ1) is 11.7. The van der Waals surface area contributed by atoms with Crippen LogP contribution in [0.4, 0.5) is 0 Å². The van der Waals surface area contributed by atoms with Crippen LogP contribution < -0.4 is 20.1 Å². The van der Waals surface area contributed by atoms with E-state index in [-0.39, 0.29) is 24.0 Å². The lowest BCUT2D eigenvalue weighted by molar-refractivity contribution is 0.352. The molecule has 0 fully saturated rings. The van der Waals surface area contributed by atoms with Gasteiger partial charge in [0, 0.05) is 25.2 Å². The molecule has 138 valence electrons. The number of nitrogens with zero attached hydrogens (tertiary/aromatic N) is 1. The Kier molecular flexibility index (Phi) is 9.41. The van der Waals surface area contributed by atoms with Gasteiger partial charge >= 0.3 is 0 Å². The Balaban J connectivity index is 0.00000312. The summed E-state index contributed by atoms with van der Waals surface area (Å²) in [6, 6.07) is 4.53. The zero-order chi connectivity index (χ0) is 17.4. The highest BCUT2D eigenvalue weighted by atomic mass is 127. The molecule has 0 saturated heterocycles. The minimum absolute atomic E-state index is 0. The molecule has 0 amide bonds. The SMILES string of the molecule is C=CCc1cc(CNC(=NC)NC2CC=CC2)cc(OC)c1OC.I. The van der Waals surface area contributed by atoms with Crippen molar-refractivity contribution in [3.8, 4) is 11.5 Å². The topological polar surface area (TPSA) is 54.9 Å². The van der Waals surface area contributed by atoms with Crippen LogP contribution in [0.1, 0.15) is 24.0 Å². The van der Waals surface area contributed by atoms with E-state index in [0.29, 0.717) is 12.6 Å². The summed E-state index contributed by atoms with van der Waals surface area (Å²) < 4.78 is 10.9. The maximum Gasteiger partial charge on any atom is 0.191 e. The summed E-state index contributed by atoms with van der Waals surface area (Å²) in [5, 5.41) is 6.79. The summed E-state index contributed by atoms with van der Waals surface area (Å²) in [5.41, 5.74) is 2.17. The monoisotopic (exact) mass is 457 g/mol. The average molecular weight is 457 g/mol. The Morgan fingerprint density at radius 1 is 1.28 bits per heavy atom. The highest BCUT2D eigenvalue weighted by molar-refractivity contribution is 14.0. The molecule has 0 aliphatic heterocycles. The summed E-state index contributed by atoms with van der Waals surface area (Å²) >= 11 is 0. The van der Waals surface area contributed by atoms with Gasteiger partial charge in [-0.3, -0.25) is 4.99 Å². The molecule has 0 saturated carbocycles. The number of allylic oxidation sites excluding steroid dienone is 1. The predicted octanol–water partition coefficient (Wildman–Crippen LogP) is 3.43. The van der Waals surface area contributed by atoms with Gasteiger partial charge in [0.25, 0.3) is 0 Å². The fourth-order valence-corrected chi connectivity index (χ4v) is 2.82. The van der Waals surface area contributed by atoms with Crippen LogP contribution in [0.15, 0.2) is 41.9 Å². The lowest BCUT2D eigenvalue weighted by Crippen LogP contribution is -2.42. The molecule has 0 bridgehead atoms. The lowest BCUT2D eigenvalue weighted by atomic mass is 10.1. The van der Waals surface area contributed by atoms with Crippen LogP contribution in [0.2, 0.25) is 0 Å². The molecule has 1 aliphatic rings. The van der Waals surface area contributed by atoms with Crippen LogP contribution in [0.3, 0.4) is 0 Å². The van der Waals surface area contributed by atoms with E-state index in [0.717, 1.165) is 47.8 Å². The molecule has 1 aliphatic carbocycles. The van der Waals surface area contributed by atoms with Gasteiger partial charge in [-0.1, -0.05) is 18.2 Å². The Labute approximate surface area is 167 Å². The number of rotatable bonds is 7. The molecule has 2 N–H and O–H groups in total. The number of guanidine groups is 1. The quantitative estimate of drug-likeness (QED) is 0.285. The fraction of sp³-hybridized carbons (Fsp3) is 0.421. The van der Waals surface area contributed by atoms with Gasteiger partial charge in [-0.2, -0.15) is 0 Å². The smallest absolute Gasteiger partial charge is 0.191 e. The van der Waals surface area contributed by atoms with E-state index in [9.17, 15) is 0 Å². The van der Waals surface area contributed by atoms with Crippen molar-refractivity contribution in [3.63, 3.8) is 0 Å². The predicted molar refractivity (Wildman–Crippen MR) is 114 cm³/mol. The van der Waals surface area contributed by atoms with Crippen LogP contribution in [-0.4, -0.2) is 33.3 Å². The second kappa shape index (κ2) is 11.0. The third-order valence-electron chi connectivity index (χ3n) is 4.01. The molecular formula is C19H28IN3O2. The van der Waals surface area contributed by atoms with Crippen LogP contribution in [0.5, 0.6) is 11.5 Å². The van der Waals surface area contributed by atoms with Crippen molar-refractivity contribution >= 4 is 29.9 Å². The molecule has 1 aromatic carbocycles. The molecule has 1 aromatic rings. The molecule has 0 heterocycles. The molecule has 0 unspecified atom stereocenters. The van der Waals surface area contributed by atoms with Crippen molar-refractivity contribution in [2.45, 2.75) is 31.8 Å². The molecule has 5 nitrogen and oxygen atoms in total. The third kappa shape index (κ3) is 5.95. The minimum atomic E-state index is 0. The summed E-state index contributed by atoms with van der Waals surface area (Å²) in [4.78, 5) is 4.30. The van der Waals surface area contributed by atoms with E-state index in [2.05, 4.69) is 40.4 Å². The van der Waals surface area contributed by atoms with Crippen molar-refractivity contribution in [2.75, 3.05) is 21.3 Å². The van der Waals surface area contributed by atoms with E-state index < -0.39 is 0 Å². The van der Waals surface area contributed by atoms with Gasteiger partial charge in [-0.05, 0) is 37.0 Å². The van der Waals surface area contributed by atoms with Crippen molar-refractivity contribution < 1.29 is 9.47 Å². The van der Waals surface area contributed by atoms with Gasteiger partial charge < -0.3 is 20.1 Å². The van der Waals surface area contributed by atoms with Gasteiger partial charge in [0.05, 0.1) is 14.2 Å². The number of halogens is 1. The highest BCUT2D eigenvalue weighted by Crippen LogP contribution is 2.33. The molecule has 0 radical (unpaired) electrons. The molecule has 0 aromatic heterocycles. The maximum absolute atomic E-state index is 5.47. The van der Waals surface area contributed by atoms with Gasteiger partial charge in [0.2, 0.25) is 0 Å². The highest BCUT2D eigenvalue weighted by Gasteiger charge is 2.14. The van der Waals surface area contributed by atoms with Crippen molar-refractivity contribution in [3.05, 3.63) is 48.1 Å². The molecule has 0 atom stereocenters. The largest absolute Gasteiger partial charge is 0.493 e. The second-order valence-corrected chi connectivity index (χ2v) is 5.69. The van der Waals surface area contributed by atoms with Crippen LogP contribution >= 0.6 is 24.0 Å². The molecule has 0 spiro atoms. The summed E-state index contributed by atoms with van der Waals surface area (Å²) in [6.07, 6.45) is 9.07. The Hall–Kier alpha value is -1.70. The fourth-order valence-electron chi connectivity index (χ4n) is 2.82. The minimum Gasteiger partial charge on any atom is -0.493 e. The van der Waals surface area contributed by atoms with Crippen LogP contribution in [0, 0.1) is 0 Å². The van der Waals surface area contributed by atoms with E-state index in [1.54, 1.807) is 21.3 Å². The van der Waals surface area contributed by atoms with Crippen molar-refractivity contribution in [2.24, 2.45) is 4.99 Å². The Bertz CT molecular complexity index is 621. The normalized spacial score (nSPS) is 14.0. The van der Waals surface area contributed by atoms with Gasteiger partial charge in [0.15, 0.2) is 17.5 Å². The first kappa shape index (κ1) is 21.3. The molecule has 6 heteroatoms. The van der Waals surface area contributed by atoms with Crippen LogP contribution in [0.25, 0.3) is 0 Å². The standard InChI is InChI=1S/C19H27N3O2.HI/c1-5-8-15-11-14(12-17(23-3)18(15)24-4)13-21-19(20-2)22-16-9-6-7-10-16;/h5-7,11-12,16H,1,8-10,13H2,2-4H3,(H2,20,21,22);1H. The maximum atomic E-state index is 5.47. The first-order valence-electron chi connectivity index (χ1n) is 8.18. The van der Waals surface area contributed by atoms with Gasteiger partial charge in [-0.15, -0.1) is 30.6 Å². The number of ether oxygens (including phenoxy) is 2. The average Bonchev–Trinajstić information content (AvgIpc) is 3.11. The van der Waals surface area contributed by atoms with E-state index in [1.807, 2.05) is 12.1 Å². The van der Waals surface area contributed by atoms with Gasteiger partial charge in [0.1, 0.15) is 0 Å². The zero-order valence-electron chi connectivity index (χ0n) is 15.2. The summed E-state index contributed by atoms with van der Waals surface area (Å²) in [7, 11) is 5.10. The summed E-state index contributed by atoms with van der Waals surface area (Å²) in [6.45, 7) is 4.47. The second-order valence-electron chi connectivity index (χ2n) is 5.69. The zero-order valence-corrected chi connectivity index (χ0v) is 17.5. The number of hydrogen-bond acceptors (Lipinski definition) is 3. The molecule has 2 rings (SSSR count). The van der Waals surface area contributed by atoms with E-state index in [4.69, 9.17) is 9.47 Å². The lowest BCUT2D eigenvalue weighted by Gasteiger charge is -2.18. The van der Waals surface area contributed by atoms with Crippen molar-refractivity contribution in [1.82, 2.24) is 10.6 Å². The number of benzene rings is 1. The molecule has 25 heavy (non-hydrogen) atoms. The van der Waals surface area contributed by atoms with Crippen LogP contribution in [-0.2, 0) is 13.0 Å². The van der Waals surface area contributed by atoms with E-state index in [1.165, 1.54) is 0 Å². The summed E-state index contributed by atoms with van der Waals surface area (Å²) in [5.74, 6) is 2.31. The third-order valence-corrected chi connectivity index (χ3v) is 4.01. The van der Waals surface area contributed by atoms with E-state index >= 15 is 0 Å². The van der Waals surface area contributed by atoms with Crippen molar-refractivity contribution in [1.29, 1.82) is 0 Å². The number of hydrogen-bond donors (Lipinski definition) is 2. The molecular weight excluding hydrogens is 429 g/mol. The first-order valence-corrected chi connectivity index (χ1v) is 8.18. The van der Waals surface area contributed by atoms with Gasteiger partial charge in [-0.25, -0.2) is 0 Å².